The predicted octanol–water partition coefficient (Wildman–Crippen LogP) is 7.15. The highest BCUT2D eigenvalue weighted by atomic mass is 28.3. The Morgan fingerprint density at radius 1 is 0.943 bits per heavy atom. The van der Waals surface area contributed by atoms with E-state index in [9.17, 15) is 22.8 Å². The van der Waals surface area contributed by atoms with Gasteiger partial charge in [0.25, 0.3) is 0 Å². The van der Waals surface area contributed by atoms with Crippen molar-refractivity contribution >= 4 is 25.9 Å². The summed E-state index contributed by atoms with van der Waals surface area (Å²) >= 11 is 0. The molecule has 0 radical (unpaired) electrons. The van der Waals surface area contributed by atoms with E-state index in [0.717, 1.165) is 4.90 Å². The lowest BCUT2D eigenvalue weighted by molar-refractivity contribution is -0.0552. The summed E-state index contributed by atoms with van der Waals surface area (Å²) in [5.74, 6) is -3.59. The average molecular weight is 518 g/mol. The number of carbonyl (C=O) groups excluding carboxylic acids is 2. The first-order valence-corrected chi connectivity index (χ1v) is 14.3. The third-order valence-electron chi connectivity index (χ3n) is 4.07. The first kappa shape index (κ1) is 30.1. The molecule has 12 heteroatoms. The molecule has 35 heavy (non-hydrogen) atoms. The van der Waals surface area contributed by atoms with Gasteiger partial charge in [0.2, 0.25) is 12.2 Å². The van der Waals surface area contributed by atoms with Crippen molar-refractivity contribution in [2.45, 2.75) is 85.1 Å². The maximum absolute atomic E-state index is 12.8. The van der Waals surface area contributed by atoms with Crippen LogP contribution in [0.5, 0.6) is 0 Å². The number of nitrogens with zero attached hydrogens (tertiary/aromatic N) is 3. The van der Waals surface area contributed by atoms with Gasteiger partial charge >= 0.3 is 18.0 Å². The van der Waals surface area contributed by atoms with Crippen LogP contribution in [0.15, 0.2) is 29.1 Å². The number of benzene rings is 1. The molecule has 0 fully saturated rings. The van der Waals surface area contributed by atoms with Gasteiger partial charge in [-0.15, -0.1) is 0 Å². The molecule has 0 aliphatic heterocycles. The number of ether oxygens (including phenoxy) is 2. The first-order valence-electron chi connectivity index (χ1n) is 10.8. The summed E-state index contributed by atoms with van der Waals surface area (Å²) in [5.41, 5.74) is 0.0220. The molecule has 8 nitrogen and oxygen atoms in total. The van der Waals surface area contributed by atoms with Crippen molar-refractivity contribution < 1.29 is 36.8 Å². The van der Waals surface area contributed by atoms with E-state index < -0.39 is 37.3 Å². The molecule has 1 heterocycles. The Balaban J connectivity index is 0.000000658. The number of halogens is 3. The van der Waals surface area contributed by atoms with Crippen LogP contribution in [0.25, 0.3) is 11.4 Å². The van der Waals surface area contributed by atoms with E-state index in [1.54, 1.807) is 66.7 Å². The van der Waals surface area contributed by atoms with Crippen molar-refractivity contribution in [3.8, 4) is 11.4 Å². The van der Waals surface area contributed by atoms with Gasteiger partial charge in [-0.3, -0.25) is 0 Å². The molecule has 0 N–H and O–H groups in total. The van der Waals surface area contributed by atoms with E-state index >= 15 is 0 Å². The fourth-order valence-electron chi connectivity index (χ4n) is 2.17. The minimum Gasteiger partial charge on any atom is -0.443 e. The highest BCUT2D eigenvalue weighted by Crippen LogP contribution is 2.29. The molecule has 2 rings (SSSR count). The molecular weight excluding hydrogens is 483 g/mol. The van der Waals surface area contributed by atoms with Crippen LogP contribution in [0.4, 0.5) is 28.4 Å². The van der Waals surface area contributed by atoms with Gasteiger partial charge in [-0.25, -0.2) is 9.59 Å². The van der Waals surface area contributed by atoms with E-state index in [1.165, 1.54) is 26.0 Å². The fraction of sp³-hybridized carbons (Fsp3) is 0.565. The zero-order valence-corrected chi connectivity index (χ0v) is 22.8. The Hall–Kier alpha value is -2.89. The fourth-order valence-corrected chi connectivity index (χ4v) is 2.17. The van der Waals surface area contributed by atoms with Crippen LogP contribution in [0.2, 0.25) is 19.6 Å². The number of anilines is 1. The molecule has 0 aliphatic carbocycles. The van der Waals surface area contributed by atoms with Gasteiger partial charge < -0.3 is 14.0 Å². The van der Waals surface area contributed by atoms with E-state index in [0.29, 0.717) is 22.6 Å². The molecule has 1 aromatic heterocycles. The number of rotatable bonds is 2. The van der Waals surface area contributed by atoms with Crippen molar-refractivity contribution in [2.75, 3.05) is 4.90 Å². The topological polar surface area (TPSA) is 94.8 Å². The minimum absolute atomic E-state index is 0.320. The van der Waals surface area contributed by atoms with Crippen LogP contribution in [-0.4, -0.2) is 47.4 Å². The lowest BCUT2D eigenvalue weighted by Crippen LogP contribution is -2.44. The summed E-state index contributed by atoms with van der Waals surface area (Å²) in [6, 6.07) is 5.14. The molecular formula is C23H34F3N3O5Si. The third kappa shape index (κ3) is 9.71. The second-order valence-electron chi connectivity index (χ2n) is 10.8. The van der Waals surface area contributed by atoms with Crippen LogP contribution in [0.1, 0.15) is 47.1 Å². The smallest absolute Gasteiger partial charge is 0.424 e. The number of hydrogen-bond acceptors (Lipinski definition) is 7. The van der Waals surface area contributed by atoms with Gasteiger partial charge in [0.15, 0.2) is 8.07 Å². The van der Waals surface area contributed by atoms with Crippen LogP contribution < -0.4 is 4.90 Å². The Morgan fingerprint density at radius 3 is 1.74 bits per heavy atom. The lowest BCUT2D eigenvalue weighted by atomic mass is 10.1. The average Bonchev–Trinajstić information content (AvgIpc) is 3.14. The van der Waals surface area contributed by atoms with Crippen LogP contribution in [-0.2, 0) is 9.47 Å². The van der Waals surface area contributed by atoms with Crippen molar-refractivity contribution in [1.29, 1.82) is 0 Å². The number of hydrogen-bond donors (Lipinski definition) is 0. The van der Waals surface area contributed by atoms with Crippen molar-refractivity contribution in [3.63, 3.8) is 0 Å². The Morgan fingerprint density at radius 2 is 1.40 bits per heavy atom. The molecule has 196 valence electrons. The number of aromatic nitrogens is 2. The molecule has 0 atom stereocenters. The molecule has 0 spiro atoms. The molecule has 0 bridgehead atoms. The van der Waals surface area contributed by atoms with E-state index in [2.05, 4.69) is 10.1 Å². The quantitative estimate of drug-likeness (QED) is 0.390. The van der Waals surface area contributed by atoms with Gasteiger partial charge in [-0.05, 0) is 60.1 Å². The predicted molar refractivity (Wildman–Crippen MR) is 129 cm³/mol. The van der Waals surface area contributed by atoms with Gasteiger partial charge in [0.1, 0.15) is 11.2 Å². The summed E-state index contributed by atoms with van der Waals surface area (Å²) < 4.78 is 50.5. The summed E-state index contributed by atoms with van der Waals surface area (Å²) in [4.78, 5) is 30.5. The summed E-state index contributed by atoms with van der Waals surface area (Å²) in [6.07, 6.45) is -0.454. The number of amides is 2. The van der Waals surface area contributed by atoms with Crippen LogP contribution in [0, 0.1) is 6.92 Å². The summed E-state index contributed by atoms with van der Waals surface area (Å²) in [6.45, 7) is 16.0. The van der Waals surface area contributed by atoms with Gasteiger partial charge in [0, 0.05) is 5.56 Å². The molecule has 1 aromatic carbocycles. The molecule has 0 aliphatic rings. The number of carbonyl (C=O) groups is 2. The minimum atomic E-state index is -3.92. The van der Waals surface area contributed by atoms with Crippen molar-refractivity contribution in [3.05, 3.63) is 30.2 Å². The largest absolute Gasteiger partial charge is 0.443 e. The van der Waals surface area contributed by atoms with Gasteiger partial charge in [0.05, 0.1) is 5.69 Å². The standard InChI is InChI=1S/C19H25N3O5.C4H9F3Si/c1-12-8-9-13(15-20-11-25-21-15)10-14(12)22(16(23)26-18(2,3)4)17(24)27-19(5,6)7;1-8(2,3)4(5,6)7/h8-11H,1-7H3;1-3H3. The van der Waals surface area contributed by atoms with E-state index in [4.69, 9.17) is 14.0 Å². The zero-order chi connectivity index (χ0) is 27.4. The maximum atomic E-state index is 12.8. The monoisotopic (exact) mass is 517 g/mol. The van der Waals surface area contributed by atoms with Crippen LogP contribution in [0.3, 0.4) is 0 Å². The molecule has 0 saturated heterocycles. The van der Waals surface area contributed by atoms with Crippen LogP contribution >= 0.6 is 0 Å². The molecule has 0 saturated carbocycles. The van der Waals surface area contributed by atoms with E-state index in [1.807, 2.05) is 0 Å². The highest BCUT2D eigenvalue weighted by Gasteiger charge is 2.45. The number of alkyl halides is 3. The Bertz CT molecular complexity index is 965. The Kier molecular flexibility index (Phi) is 9.30. The van der Waals surface area contributed by atoms with E-state index in [-0.39, 0.29) is 0 Å². The van der Waals surface area contributed by atoms with Crippen molar-refractivity contribution in [1.82, 2.24) is 10.1 Å². The molecule has 2 aromatic rings. The number of imide groups is 1. The van der Waals surface area contributed by atoms with Gasteiger partial charge in [-0.1, -0.05) is 36.9 Å². The van der Waals surface area contributed by atoms with Gasteiger partial charge in [-0.2, -0.15) is 23.1 Å². The molecule has 2 amide bonds. The number of aryl methyl sites for hydroxylation is 1. The maximum Gasteiger partial charge on any atom is 0.424 e. The lowest BCUT2D eigenvalue weighted by Gasteiger charge is -2.29. The third-order valence-corrected chi connectivity index (χ3v) is 5.77. The highest BCUT2D eigenvalue weighted by molar-refractivity contribution is 6.77. The SMILES string of the molecule is C[Si](C)(C)C(F)(F)F.Cc1ccc(-c2ncon2)cc1N(C(=O)OC(C)(C)C)C(=O)OC(C)(C)C. The Labute approximate surface area is 204 Å². The van der Waals surface area contributed by atoms with Crippen molar-refractivity contribution in [2.24, 2.45) is 0 Å². The summed E-state index contributed by atoms with van der Waals surface area (Å²) in [7, 11) is -2.86. The summed E-state index contributed by atoms with van der Waals surface area (Å²) in [5, 5.41) is 3.79. The normalized spacial score (nSPS) is 12.4. The zero-order valence-electron chi connectivity index (χ0n) is 21.8. The molecule has 0 unspecified atom stereocenters. The second kappa shape index (κ2) is 10.8. The first-order chi connectivity index (χ1) is 15.6. The second-order valence-corrected chi connectivity index (χ2v) is 15.9.